The molecule has 1 aromatic carbocycles. The number of aryl methyl sites for hydroxylation is 1. The van der Waals surface area contributed by atoms with E-state index in [0.717, 1.165) is 0 Å². The fraction of sp³-hybridized carbons (Fsp3) is 0.312. The molecule has 0 radical (unpaired) electrons. The van der Waals surface area contributed by atoms with Crippen LogP contribution in [0, 0.1) is 6.92 Å². The highest BCUT2D eigenvalue weighted by Gasteiger charge is 2.18. The van der Waals surface area contributed by atoms with Gasteiger partial charge in [-0.1, -0.05) is 29.3 Å². The summed E-state index contributed by atoms with van der Waals surface area (Å²) < 4.78 is 5.33. The molecule has 0 spiro atoms. The summed E-state index contributed by atoms with van der Waals surface area (Å²) in [4.78, 5) is 23.3. The smallest absolute Gasteiger partial charge is 0.274 e. The summed E-state index contributed by atoms with van der Waals surface area (Å²) >= 11 is 12.1. The van der Waals surface area contributed by atoms with Crippen LogP contribution in [0.3, 0.4) is 0 Å². The molecule has 1 aliphatic heterocycles. The van der Waals surface area contributed by atoms with E-state index in [4.69, 9.17) is 27.9 Å². The molecular formula is C16H16Cl2N4O2. The maximum Gasteiger partial charge on any atom is 0.274 e. The fourth-order valence-electron chi connectivity index (χ4n) is 2.36. The van der Waals surface area contributed by atoms with Crippen LogP contribution in [0.2, 0.25) is 10.0 Å². The Bertz CT molecular complexity index is 764. The second kappa shape index (κ2) is 7.34. The normalized spacial score (nSPS) is 14.5. The molecule has 3 rings (SSSR count). The van der Waals surface area contributed by atoms with Crippen LogP contribution in [0.5, 0.6) is 0 Å². The van der Waals surface area contributed by atoms with Crippen molar-refractivity contribution in [2.45, 2.75) is 6.92 Å². The molecule has 0 aliphatic carbocycles. The molecular weight excluding hydrogens is 351 g/mol. The monoisotopic (exact) mass is 366 g/mol. The molecule has 1 fully saturated rings. The highest BCUT2D eigenvalue weighted by atomic mass is 35.5. The maximum atomic E-state index is 12.5. The van der Waals surface area contributed by atoms with Gasteiger partial charge in [0.2, 0.25) is 5.95 Å². The quantitative estimate of drug-likeness (QED) is 0.903. The lowest BCUT2D eigenvalue weighted by molar-refractivity contribution is 0.102. The number of carbonyl (C=O) groups excluding carboxylic acids is 1. The third-order valence-corrected chi connectivity index (χ3v) is 4.39. The second-order valence-electron chi connectivity index (χ2n) is 5.35. The van der Waals surface area contributed by atoms with Gasteiger partial charge in [-0.3, -0.25) is 4.79 Å². The van der Waals surface area contributed by atoms with Gasteiger partial charge in [-0.05, 0) is 25.1 Å². The van der Waals surface area contributed by atoms with Crippen LogP contribution in [0.4, 0.5) is 11.6 Å². The molecule has 0 saturated carbocycles. The number of hydrogen-bond acceptors (Lipinski definition) is 5. The summed E-state index contributed by atoms with van der Waals surface area (Å²) in [7, 11) is 0. The number of amides is 1. The van der Waals surface area contributed by atoms with Crippen LogP contribution in [-0.2, 0) is 4.74 Å². The van der Waals surface area contributed by atoms with Gasteiger partial charge in [-0.15, -0.1) is 0 Å². The van der Waals surface area contributed by atoms with E-state index in [1.807, 2.05) is 11.8 Å². The summed E-state index contributed by atoms with van der Waals surface area (Å²) in [6, 6.07) is 6.69. The van der Waals surface area contributed by atoms with Crippen molar-refractivity contribution in [3.8, 4) is 0 Å². The van der Waals surface area contributed by atoms with Crippen molar-refractivity contribution in [2.75, 3.05) is 36.5 Å². The van der Waals surface area contributed by atoms with Crippen LogP contribution in [0.25, 0.3) is 0 Å². The van der Waals surface area contributed by atoms with E-state index >= 15 is 0 Å². The van der Waals surface area contributed by atoms with Crippen LogP contribution in [0.1, 0.15) is 16.2 Å². The summed E-state index contributed by atoms with van der Waals surface area (Å²) in [6.07, 6.45) is 0. The molecule has 0 unspecified atom stereocenters. The van der Waals surface area contributed by atoms with Gasteiger partial charge in [0, 0.05) is 18.8 Å². The van der Waals surface area contributed by atoms with Crippen LogP contribution in [0.15, 0.2) is 24.3 Å². The van der Waals surface area contributed by atoms with Crippen molar-refractivity contribution in [3.05, 3.63) is 45.7 Å². The molecule has 1 amide bonds. The molecule has 6 nitrogen and oxygen atoms in total. The van der Waals surface area contributed by atoms with Crippen molar-refractivity contribution in [2.24, 2.45) is 0 Å². The molecule has 2 aromatic rings. The molecule has 8 heteroatoms. The van der Waals surface area contributed by atoms with E-state index in [2.05, 4.69) is 15.3 Å². The predicted molar refractivity (Wildman–Crippen MR) is 94.2 cm³/mol. The van der Waals surface area contributed by atoms with Gasteiger partial charge in [0.25, 0.3) is 5.91 Å². The third-order valence-electron chi connectivity index (χ3n) is 3.57. The summed E-state index contributed by atoms with van der Waals surface area (Å²) in [5.74, 6) is 0.166. The first-order valence-corrected chi connectivity index (χ1v) is 8.24. The van der Waals surface area contributed by atoms with E-state index in [9.17, 15) is 4.79 Å². The van der Waals surface area contributed by atoms with Crippen molar-refractivity contribution in [1.29, 1.82) is 0 Å². The van der Waals surface area contributed by atoms with Gasteiger partial charge in [0.15, 0.2) is 0 Å². The van der Waals surface area contributed by atoms with E-state index in [-0.39, 0.29) is 11.6 Å². The maximum absolute atomic E-state index is 12.5. The van der Waals surface area contributed by atoms with Gasteiger partial charge in [0.1, 0.15) is 5.69 Å². The Labute approximate surface area is 149 Å². The minimum atomic E-state index is -0.362. The lowest BCUT2D eigenvalue weighted by atomic mass is 10.2. The molecule has 126 valence electrons. The number of aromatic nitrogens is 2. The van der Waals surface area contributed by atoms with Crippen LogP contribution in [-0.4, -0.2) is 42.2 Å². The first-order chi connectivity index (χ1) is 11.5. The van der Waals surface area contributed by atoms with Crippen molar-refractivity contribution in [1.82, 2.24) is 9.97 Å². The number of benzene rings is 1. The molecule has 1 N–H and O–H groups in total. The Hall–Kier alpha value is -1.89. The number of ether oxygens (including phenoxy) is 1. The summed E-state index contributed by atoms with van der Waals surface area (Å²) in [5, 5.41) is 3.41. The molecule has 0 bridgehead atoms. The Morgan fingerprint density at radius 3 is 2.75 bits per heavy atom. The lowest BCUT2D eigenvalue weighted by Gasteiger charge is -2.27. The largest absolute Gasteiger partial charge is 0.378 e. The number of rotatable bonds is 3. The second-order valence-corrected chi connectivity index (χ2v) is 6.13. The molecule has 2 heterocycles. The minimum absolute atomic E-state index is 0.278. The van der Waals surface area contributed by atoms with Crippen LogP contribution < -0.4 is 10.2 Å². The lowest BCUT2D eigenvalue weighted by Crippen LogP contribution is -2.37. The number of hydrogen-bond donors (Lipinski definition) is 1. The van der Waals surface area contributed by atoms with Crippen molar-refractivity contribution >= 4 is 40.7 Å². The number of morpholine rings is 1. The zero-order valence-corrected chi connectivity index (χ0v) is 14.6. The zero-order valence-electron chi connectivity index (χ0n) is 13.1. The Morgan fingerprint density at radius 2 is 2.00 bits per heavy atom. The summed E-state index contributed by atoms with van der Waals surface area (Å²) in [6.45, 7) is 4.47. The van der Waals surface area contributed by atoms with Crippen molar-refractivity contribution < 1.29 is 9.53 Å². The number of carbonyl (C=O) groups is 1. The molecule has 1 aromatic heterocycles. The first kappa shape index (κ1) is 17.0. The zero-order chi connectivity index (χ0) is 17.1. The molecule has 1 saturated heterocycles. The highest BCUT2D eigenvalue weighted by Crippen LogP contribution is 2.29. The van der Waals surface area contributed by atoms with Gasteiger partial charge in [-0.2, -0.15) is 0 Å². The molecule has 24 heavy (non-hydrogen) atoms. The topological polar surface area (TPSA) is 67.4 Å². The third kappa shape index (κ3) is 3.77. The standard InChI is InChI=1S/C16H16Cl2N4O2/c1-10-9-13(21-16(19-10)22-5-7-24-8-6-22)15(23)20-12-4-2-3-11(17)14(12)18/h2-4,9H,5-8H2,1H3,(H,20,23). The number of nitrogens with one attached hydrogen (secondary N) is 1. The van der Waals surface area contributed by atoms with Crippen LogP contribution >= 0.6 is 23.2 Å². The van der Waals surface area contributed by atoms with Gasteiger partial charge < -0.3 is 15.0 Å². The van der Waals surface area contributed by atoms with Gasteiger partial charge >= 0.3 is 0 Å². The average molecular weight is 367 g/mol. The molecule has 1 aliphatic rings. The molecule has 0 atom stereocenters. The predicted octanol–water partition coefficient (Wildman–Crippen LogP) is 3.18. The first-order valence-electron chi connectivity index (χ1n) is 7.48. The van der Waals surface area contributed by atoms with E-state index in [1.165, 1.54) is 0 Å². The van der Waals surface area contributed by atoms with Crippen molar-refractivity contribution in [3.63, 3.8) is 0 Å². The van der Waals surface area contributed by atoms with E-state index in [0.29, 0.717) is 53.7 Å². The van der Waals surface area contributed by atoms with E-state index in [1.54, 1.807) is 24.3 Å². The Kier molecular flexibility index (Phi) is 5.18. The SMILES string of the molecule is Cc1cc(C(=O)Nc2cccc(Cl)c2Cl)nc(N2CCOCC2)n1. The number of anilines is 2. The minimum Gasteiger partial charge on any atom is -0.378 e. The average Bonchev–Trinajstić information content (AvgIpc) is 2.59. The van der Waals surface area contributed by atoms with Gasteiger partial charge in [-0.25, -0.2) is 9.97 Å². The fourth-order valence-corrected chi connectivity index (χ4v) is 2.71. The van der Waals surface area contributed by atoms with Gasteiger partial charge in [0.05, 0.1) is 28.9 Å². The highest BCUT2D eigenvalue weighted by molar-refractivity contribution is 6.44. The Balaban J connectivity index is 1.84. The van der Waals surface area contributed by atoms with E-state index < -0.39 is 0 Å². The Morgan fingerprint density at radius 1 is 1.25 bits per heavy atom. The number of nitrogens with zero attached hydrogens (tertiary/aromatic N) is 3. The number of halogens is 2. The summed E-state index contributed by atoms with van der Waals surface area (Å²) in [5.41, 5.74) is 1.44.